The zero-order chi connectivity index (χ0) is 12.3. The van der Waals surface area contributed by atoms with Crippen LogP contribution in [0.3, 0.4) is 0 Å². The van der Waals surface area contributed by atoms with Crippen LogP contribution in [0.4, 0.5) is 0 Å². The molecule has 0 aromatic heterocycles. The van der Waals surface area contributed by atoms with E-state index in [1.54, 1.807) is 7.11 Å². The van der Waals surface area contributed by atoms with Crippen molar-refractivity contribution < 1.29 is 4.74 Å². The summed E-state index contributed by atoms with van der Waals surface area (Å²) in [5.74, 6) is 7.37. The third-order valence-electron chi connectivity index (χ3n) is 2.73. The Bertz CT molecular complexity index is 353. The minimum absolute atomic E-state index is 0.845. The molecule has 0 radical (unpaired) electrons. The van der Waals surface area contributed by atoms with Gasteiger partial charge in [-0.1, -0.05) is 44.2 Å². The summed E-state index contributed by atoms with van der Waals surface area (Å²) in [6.07, 6.45) is 7.06. The second-order valence-electron chi connectivity index (χ2n) is 4.19. The van der Waals surface area contributed by atoms with Crippen molar-refractivity contribution in [3.05, 3.63) is 29.8 Å². The smallest absolute Gasteiger partial charge is 0.118 e. The second kappa shape index (κ2) is 8.70. The van der Waals surface area contributed by atoms with Crippen LogP contribution >= 0.6 is 0 Å². The van der Waals surface area contributed by atoms with Gasteiger partial charge in [0.05, 0.1) is 7.11 Å². The molecule has 0 bridgehead atoms. The summed E-state index contributed by atoms with van der Waals surface area (Å²) in [6, 6.07) is 8.12. The van der Waals surface area contributed by atoms with Crippen LogP contribution in [0.2, 0.25) is 0 Å². The van der Waals surface area contributed by atoms with Crippen molar-refractivity contribution in [2.45, 2.75) is 45.4 Å². The van der Waals surface area contributed by atoms with Gasteiger partial charge in [0.15, 0.2) is 0 Å². The van der Waals surface area contributed by atoms with Crippen molar-refractivity contribution in [2.24, 2.45) is 0 Å². The summed E-state index contributed by atoms with van der Waals surface area (Å²) in [6.45, 7) is 2.23. The number of hydrogen-bond acceptors (Lipinski definition) is 1. The van der Waals surface area contributed by atoms with E-state index in [2.05, 4.69) is 30.9 Å². The van der Waals surface area contributed by atoms with E-state index in [4.69, 9.17) is 4.74 Å². The summed E-state index contributed by atoms with van der Waals surface area (Å²) in [7, 11) is 1.69. The normalized spacial score (nSPS) is 9.53. The quantitative estimate of drug-likeness (QED) is 0.525. The molecule has 0 unspecified atom stereocenters. The van der Waals surface area contributed by atoms with E-state index < -0.39 is 0 Å². The van der Waals surface area contributed by atoms with Gasteiger partial charge in [-0.2, -0.15) is 0 Å². The molecule has 92 valence electrons. The average molecular weight is 230 g/mol. The molecule has 0 fully saturated rings. The molecule has 0 atom stereocenters. The number of benzene rings is 1. The molecule has 0 N–H and O–H groups in total. The van der Waals surface area contributed by atoms with E-state index in [1.165, 1.54) is 31.2 Å². The van der Waals surface area contributed by atoms with E-state index in [-0.39, 0.29) is 0 Å². The predicted octanol–water partition coefficient (Wildman–Crippen LogP) is 4.21. The first-order chi connectivity index (χ1) is 8.36. The van der Waals surface area contributed by atoms with Gasteiger partial charge in [0.25, 0.3) is 0 Å². The Labute approximate surface area is 105 Å². The van der Waals surface area contributed by atoms with Gasteiger partial charge in [-0.3, -0.25) is 0 Å². The Morgan fingerprint density at radius 1 is 1.00 bits per heavy atom. The Morgan fingerprint density at radius 2 is 1.76 bits per heavy atom. The lowest BCUT2D eigenvalue weighted by atomic mass is 10.1. The Hall–Kier alpha value is -1.42. The average Bonchev–Trinajstić information content (AvgIpc) is 2.38. The monoisotopic (exact) mass is 230 g/mol. The molecule has 1 aromatic carbocycles. The fourth-order valence-corrected chi connectivity index (χ4v) is 1.64. The Kier molecular flexibility index (Phi) is 6.98. The lowest BCUT2D eigenvalue weighted by Gasteiger charge is -1.99. The fraction of sp³-hybridized carbons (Fsp3) is 0.500. The SMILES string of the molecule is CCCCCCC#CCc1ccc(OC)cc1. The Morgan fingerprint density at radius 3 is 2.41 bits per heavy atom. The molecule has 0 aliphatic carbocycles. The molecule has 0 spiro atoms. The molecule has 0 amide bonds. The van der Waals surface area contributed by atoms with E-state index in [0.29, 0.717) is 0 Å². The topological polar surface area (TPSA) is 9.23 Å². The fourth-order valence-electron chi connectivity index (χ4n) is 1.64. The summed E-state index contributed by atoms with van der Waals surface area (Å²) in [5, 5.41) is 0. The zero-order valence-electron chi connectivity index (χ0n) is 11.0. The molecular formula is C16H22O. The van der Waals surface area contributed by atoms with E-state index >= 15 is 0 Å². The highest BCUT2D eigenvalue weighted by Crippen LogP contribution is 2.11. The maximum Gasteiger partial charge on any atom is 0.118 e. The van der Waals surface area contributed by atoms with E-state index in [0.717, 1.165) is 18.6 Å². The first-order valence-electron chi connectivity index (χ1n) is 6.45. The van der Waals surface area contributed by atoms with Crippen molar-refractivity contribution in [2.75, 3.05) is 7.11 Å². The minimum atomic E-state index is 0.845. The maximum absolute atomic E-state index is 5.11. The largest absolute Gasteiger partial charge is 0.497 e. The van der Waals surface area contributed by atoms with Gasteiger partial charge in [-0.25, -0.2) is 0 Å². The van der Waals surface area contributed by atoms with Crippen LogP contribution in [0, 0.1) is 11.8 Å². The number of unbranched alkanes of at least 4 members (excludes halogenated alkanes) is 4. The van der Waals surface area contributed by atoms with Crippen LogP contribution in [-0.4, -0.2) is 7.11 Å². The molecule has 0 saturated carbocycles. The molecule has 0 aliphatic heterocycles. The van der Waals surface area contributed by atoms with Gasteiger partial charge < -0.3 is 4.74 Å². The minimum Gasteiger partial charge on any atom is -0.497 e. The number of hydrogen-bond donors (Lipinski definition) is 0. The van der Waals surface area contributed by atoms with Gasteiger partial charge in [0.1, 0.15) is 5.75 Å². The first kappa shape index (κ1) is 13.6. The third-order valence-corrected chi connectivity index (χ3v) is 2.73. The van der Waals surface area contributed by atoms with Gasteiger partial charge in [0.2, 0.25) is 0 Å². The van der Waals surface area contributed by atoms with Crippen LogP contribution in [0.5, 0.6) is 5.75 Å². The molecule has 1 aromatic rings. The highest BCUT2D eigenvalue weighted by atomic mass is 16.5. The van der Waals surface area contributed by atoms with Crippen molar-refractivity contribution in [1.82, 2.24) is 0 Å². The van der Waals surface area contributed by atoms with Crippen LogP contribution in [0.15, 0.2) is 24.3 Å². The van der Waals surface area contributed by atoms with Crippen molar-refractivity contribution in [3.8, 4) is 17.6 Å². The van der Waals surface area contributed by atoms with Gasteiger partial charge in [-0.15, -0.1) is 5.92 Å². The predicted molar refractivity (Wildman–Crippen MR) is 73.2 cm³/mol. The van der Waals surface area contributed by atoms with Gasteiger partial charge in [-0.05, 0) is 24.1 Å². The molecule has 0 aliphatic rings. The first-order valence-corrected chi connectivity index (χ1v) is 6.45. The van der Waals surface area contributed by atoms with E-state index in [9.17, 15) is 0 Å². The highest BCUT2D eigenvalue weighted by molar-refractivity contribution is 5.29. The third kappa shape index (κ3) is 6.02. The van der Waals surface area contributed by atoms with E-state index in [1.807, 2.05) is 12.1 Å². The molecule has 17 heavy (non-hydrogen) atoms. The standard InChI is InChI=1S/C16H22O/c1-3-4-5-6-7-8-9-10-15-11-13-16(17-2)14-12-15/h11-14H,3-7,10H2,1-2H3. The molecular weight excluding hydrogens is 208 g/mol. The molecule has 1 rings (SSSR count). The lowest BCUT2D eigenvalue weighted by molar-refractivity contribution is 0.414. The van der Waals surface area contributed by atoms with Gasteiger partial charge >= 0.3 is 0 Å². The summed E-state index contributed by atoms with van der Waals surface area (Å²) < 4.78 is 5.11. The zero-order valence-corrected chi connectivity index (χ0v) is 11.0. The van der Waals surface area contributed by atoms with Crippen LogP contribution in [-0.2, 0) is 6.42 Å². The number of ether oxygens (including phenoxy) is 1. The molecule has 1 nitrogen and oxygen atoms in total. The number of rotatable bonds is 6. The van der Waals surface area contributed by atoms with Crippen LogP contribution in [0.25, 0.3) is 0 Å². The summed E-state index contributed by atoms with van der Waals surface area (Å²) in [5.41, 5.74) is 1.26. The second-order valence-corrected chi connectivity index (χ2v) is 4.19. The van der Waals surface area contributed by atoms with Crippen molar-refractivity contribution in [3.63, 3.8) is 0 Å². The summed E-state index contributed by atoms with van der Waals surface area (Å²) >= 11 is 0. The molecule has 0 heterocycles. The van der Waals surface area contributed by atoms with Crippen molar-refractivity contribution >= 4 is 0 Å². The number of methoxy groups -OCH3 is 1. The maximum atomic E-state index is 5.11. The molecule has 0 saturated heterocycles. The van der Waals surface area contributed by atoms with Gasteiger partial charge in [0, 0.05) is 12.8 Å². The molecule has 1 heteroatoms. The summed E-state index contributed by atoms with van der Waals surface area (Å²) in [4.78, 5) is 0. The lowest BCUT2D eigenvalue weighted by Crippen LogP contribution is -1.84. The van der Waals surface area contributed by atoms with Crippen LogP contribution in [0.1, 0.15) is 44.6 Å². The highest BCUT2D eigenvalue weighted by Gasteiger charge is 1.91. The van der Waals surface area contributed by atoms with Crippen molar-refractivity contribution in [1.29, 1.82) is 0 Å². The van der Waals surface area contributed by atoms with Crippen LogP contribution < -0.4 is 4.74 Å². The Balaban J connectivity index is 2.22.